The zero-order valence-corrected chi connectivity index (χ0v) is 10.7. The molecule has 0 heterocycles. The van der Waals surface area contributed by atoms with Crippen molar-refractivity contribution in [3.63, 3.8) is 0 Å². The molecular formula is C10H24O5S. The summed E-state index contributed by atoms with van der Waals surface area (Å²) in [7, 11) is -4.67. The topological polar surface area (TPSA) is 94.8 Å². The lowest BCUT2D eigenvalue weighted by Gasteiger charge is -1.98. The molecule has 6 heteroatoms. The van der Waals surface area contributed by atoms with Crippen molar-refractivity contribution < 1.29 is 22.6 Å². The van der Waals surface area contributed by atoms with Crippen LogP contribution in [0.25, 0.3) is 0 Å². The van der Waals surface area contributed by atoms with Crippen LogP contribution in [0.3, 0.4) is 0 Å². The number of aliphatic hydroxyl groups is 1. The molecule has 0 amide bonds. The maximum atomic E-state index is 8.74. The third-order valence-corrected chi connectivity index (χ3v) is 2.01. The van der Waals surface area contributed by atoms with Crippen molar-refractivity contribution in [2.75, 3.05) is 6.61 Å². The van der Waals surface area contributed by atoms with E-state index in [0.717, 1.165) is 6.42 Å². The first-order valence-corrected chi connectivity index (χ1v) is 7.12. The molecule has 0 aromatic carbocycles. The Balaban J connectivity index is 0. The minimum Gasteiger partial charge on any atom is -0.396 e. The average Bonchev–Trinajstić information content (AvgIpc) is 2.14. The molecule has 0 aliphatic heterocycles. The van der Waals surface area contributed by atoms with Gasteiger partial charge in [-0.15, -0.1) is 0 Å². The van der Waals surface area contributed by atoms with Gasteiger partial charge in [-0.1, -0.05) is 51.9 Å². The van der Waals surface area contributed by atoms with Gasteiger partial charge in [-0.25, -0.2) is 0 Å². The Morgan fingerprint density at radius 3 is 1.44 bits per heavy atom. The van der Waals surface area contributed by atoms with Crippen molar-refractivity contribution in [2.45, 2.75) is 58.3 Å². The van der Waals surface area contributed by atoms with Crippen LogP contribution in [0.15, 0.2) is 0 Å². The highest BCUT2D eigenvalue weighted by Gasteiger charge is 1.89. The van der Waals surface area contributed by atoms with Gasteiger partial charge < -0.3 is 5.11 Å². The van der Waals surface area contributed by atoms with Gasteiger partial charge in [-0.05, 0) is 6.42 Å². The van der Waals surface area contributed by atoms with E-state index in [1.807, 2.05) is 0 Å². The van der Waals surface area contributed by atoms with Gasteiger partial charge in [0, 0.05) is 6.61 Å². The Kier molecular flexibility index (Phi) is 14.7. The van der Waals surface area contributed by atoms with Gasteiger partial charge in [-0.3, -0.25) is 9.11 Å². The Morgan fingerprint density at radius 1 is 0.812 bits per heavy atom. The lowest BCUT2D eigenvalue weighted by atomic mass is 10.1. The lowest BCUT2D eigenvalue weighted by molar-refractivity contribution is 0.282. The Labute approximate surface area is 98.5 Å². The normalized spacial score (nSPS) is 10.8. The summed E-state index contributed by atoms with van der Waals surface area (Å²) in [6, 6.07) is 0. The second-order valence-corrected chi connectivity index (χ2v) is 4.54. The quantitative estimate of drug-likeness (QED) is 0.458. The molecule has 0 fully saturated rings. The van der Waals surface area contributed by atoms with Crippen LogP contribution in [0.1, 0.15) is 58.3 Å². The average molecular weight is 256 g/mol. The third kappa shape index (κ3) is 37.1. The predicted molar refractivity (Wildman–Crippen MR) is 63.9 cm³/mol. The number of aliphatic hydroxyl groups excluding tert-OH is 1. The Bertz CT molecular complexity index is 197. The molecule has 0 aromatic rings. The molecule has 3 N–H and O–H groups in total. The van der Waals surface area contributed by atoms with E-state index in [9.17, 15) is 0 Å². The monoisotopic (exact) mass is 256 g/mol. The molecule has 0 saturated carbocycles. The fraction of sp³-hybridized carbons (Fsp3) is 1.00. The molecule has 0 aromatic heterocycles. The first-order valence-electron chi connectivity index (χ1n) is 5.72. The Morgan fingerprint density at radius 2 is 1.12 bits per heavy atom. The molecule has 16 heavy (non-hydrogen) atoms. The molecule has 0 bridgehead atoms. The zero-order chi connectivity index (χ0) is 12.9. The number of rotatable bonds is 8. The van der Waals surface area contributed by atoms with E-state index in [1.165, 1.54) is 44.9 Å². The van der Waals surface area contributed by atoms with E-state index in [0.29, 0.717) is 6.61 Å². The summed E-state index contributed by atoms with van der Waals surface area (Å²) in [6.07, 6.45) is 10.4. The molecule has 0 unspecified atom stereocenters. The number of hydrogen-bond donors (Lipinski definition) is 3. The van der Waals surface area contributed by atoms with Gasteiger partial charge in [0.05, 0.1) is 0 Å². The van der Waals surface area contributed by atoms with Crippen molar-refractivity contribution in [2.24, 2.45) is 0 Å². The summed E-state index contributed by atoms with van der Waals surface area (Å²) >= 11 is 0. The molecule has 0 spiro atoms. The summed E-state index contributed by atoms with van der Waals surface area (Å²) < 4.78 is 31.6. The first kappa shape index (κ1) is 18.2. The molecule has 0 radical (unpaired) electrons. The Hall–Kier alpha value is -0.170. The molecule has 100 valence electrons. The van der Waals surface area contributed by atoms with Crippen molar-refractivity contribution in [1.29, 1.82) is 0 Å². The van der Waals surface area contributed by atoms with E-state index in [2.05, 4.69) is 6.92 Å². The third-order valence-electron chi connectivity index (χ3n) is 2.01. The van der Waals surface area contributed by atoms with Crippen molar-refractivity contribution >= 4 is 10.4 Å². The lowest BCUT2D eigenvalue weighted by Crippen LogP contribution is -1.89. The molecule has 0 aliphatic rings. The molecular weight excluding hydrogens is 232 g/mol. The highest BCUT2D eigenvalue weighted by atomic mass is 32.3. The second-order valence-electron chi connectivity index (χ2n) is 3.65. The molecule has 5 nitrogen and oxygen atoms in total. The van der Waals surface area contributed by atoms with Crippen molar-refractivity contribution in [3.8, 4) is 0 Å². The molecule has 0 rings (SSSR count). The van der Waals surface area contributed by atoms with Gasteiger partial charge in [0.2, 0.25) is 0 Å². The van der Waals surface area contributed by atoms with Gasteiger partial charge in [0.25, 0.3) is 0 Å². The summed E-state index contributed by atoms with van der Waals surface area (Å²) in [5.41, 5.74) is 0. The minimum absolute atomic E-state index is 0.370. The van der Waals surface area contributed by atoms with E-state index in [4.69, 9.17) is 22.6 Å². The van der Waals surface area contributed by atoms with Crippen LogP contribution in [-0.2, 0) is 10.4 Å². The number of hydrogen-bond acceptors (Lipinski definition) is 3. The largest absolute Gasteiger partial charge is 0.396 e. The molecule has 0 aliphatic carbocycles. The van der Waals surface area contributed by atoms with Crippen LogP contribution in [0, 0.1) is 0 Å². The fourth-order valence-corrected chi connectivity index (χ4v) is 1.25. The summed E-state index contributed by atoms with van der Waals surface area (Å²) in [5, 5.41) is 8.51. The van der Waals surface area contributed by atoms with Crippen LogP contribution in [0.5, 0.6) is 0 Å². The van der Waals surface area contributed by atoms with Crippen LogP contribution in [-0.4, -0.2) is 29.2 Å². The SMILES string of the molecule is CCCCCCCCCCO.O=S(=O)(O)O. The highest BCUT2D eigenvalue weighted by molar-refractivity contribution is 7.79. The summed E-state index contributed by atoms with van der Waals surface area (Å²) in [4.78, 5) is 0. The van der Waals surface area contributed by atoms with E-state index >= 15 is 0 Å². The van der Waals surface area contributed by atoms with Gasteiger partial charge in [-0.2, -0.15) is 8.42 Å². The van der Waals surface area contributed by atoms with Gasteiger partial charge >= 0.3 is 10.4 Å². The fourth-order valence-electron chi connectivity index (χ4n) is 1.25. The maximum Gasteiger partial charge on any atom is 0.394 e. The van der Waals surface area contributed by atoms with E-state index < -0.39 is 10.4 Å². The van der Waals surface area contributed by atoms with E-state index in [1.54, 1.807) is 0 Å². The van der Waals surface area contributed by atoms with Crippen LogP contribution in [0.4, 0.5) is 0 Å². The van der Waals surface area contributed by atoms with Crippen LogP contribution in [0.2, 0.25) is 0 Å². The van der Waals surface area contributed by atoms with Crippen molar-refractivity contribution in [3.05, 3.63) is 0 Å². The smallest absolute Gasteiger partial charge is 0.394 e. The standard InChI is InChI=1S/C10H22O.H2O4S/c1-2-3-4-5-6-7-8-9-10-11;1-5(2,3)4/h11H,2-10H2,1H3;(H2,1,2,3,4). The highest BCUT2D eigenvalue weighted by Crippen LogP contribution is 2.07. The maximum absolute atomic E-state index is 8.74. The molecule has 0 saturated heterocycles. The predicted octanol–water partition coefficient (Wildman–Crippen LogP) is 2.47. The van der Waals surface area contributed by atoms with Crippen LogP contribution < -0.4 is 0 Å². The molecule has 0 atom stereocenters. The summed E-state index contributed by atoms with van der Waals surface area (Å²) in [6.45, 7) is 2.61. The summed E-state index contributed by atoms with van der Waals surface area (Å²) in [5.74, 6) is 0. The van der Waals surface area contributed by atoms with Gasteiger partial charge in [0.15, 0.2) is 0 Å². The van der Waals surface area contributed by atoms with Gasteiger partial charge in [0.1, 0.15) is 0 Å². The minimum atomic E-state index is -4.67. The van der Waals surface area contributed by atoms with E-state index in [-0.39, 0.29) is 0 Å². The zero-order valence-electron chi connectivity index (χ0n) is 9.93. The van der Waals surface area contributed by atoms with Crippen molar-refractivity contribution in [1.82, 2.24) is 0 Å². The van der Waals surface area contributed by atoms with Crippen LogP contribution >= 0.6 is 0 Å². The first-order chi connectivity index (χ1) is 7.41. The number of unbranched alkanes of at least 4 members (excludes halogenated alkanes) is 7. The second kappa shape index (κ2) is 12.9.